The molecule has 0 saturated heterocycles. The lowest BCUT2D eigenvalue weighted by Crippen LogP contribution is -2.28. The fourth-order valence-electron chi connectivity index (χ4n) is 3.86. The summed E-state index contributed by atoms with van der Waals surface area (Å²) in [5.74, 6) is -2.44. The average Bonchev–Trinajstić information content (AvgIpc) is 2.88. The second kappa shape index (κ2) is 10.5. The van der Waals surface area contributed by atoms with Crippen LogP contribution in [0.25, 0.3) is 11.0 Å². The van der Waals surface area contributed by atoms with Crippen molar-refractivity contribution in [3.63, 3.8) is 0 Å². The number of aliphatic hydroxyl groups is 1. The lowest BCUT2D eigenvalue weighted by molar-refractivity contribution is 0.0518. The zero-order valence-corrected chi connectivity index (χ0v) is 19.7. The summed E-state index contributed by atoms with van der Waals surface area (Å²) < 4.78 is 25.4. The molecule has 4 rings (SSSR count). The van der Waals surface area contributed by atoms with Crippen LogP contribution in [0, 0.1) is 5.82 Å². The molecular formula is C27H23FN2O6. The number of esters is 2. The number of carbonyl (C=O) groups excluding carboxylic acids is 2. The second-order valence-corrected chi connectivity index (χ2v) is 8.00. The smallest absolute Gasteiger partial charge is 0.347 e. The van der Waals surface area contributed by atoms with Gasteiger partial charge in [0.2, 0.25) is 0 Å². The molecule has 0 unspecified atom stereocenters. The summed E-state index contributed by atoms with van der Waals surface area (Å²) in [5, 5.41) is 9.59. The first-order chi connectivity index (χ1) is 17.3. The Hall–Kier alpha value is -4.37. The highest BCUT2D eigenvalue weighted by Gasteiger charge is 2.27. The Morgan fingerprint density at radius 2 is 1.81 bits per heavy atom. The molecule has 0 aliphatic heterocycles. The van der Waals surface area contributed by atoms with Gasteiger partial charge in [0.25, 0.3) is 5.56 Å². The van der Waals surface area contributed by atoms with Crippen molar-refractivity contribution in [3.05, 3.63) is 105 Å². The van der Waals surface area contributed by atoms with Gasteiger partial charge in [-0.15, -0.1) is 0 Å². The van der Waals surface area contributed by atoms with Crippen LogP contribution in [0.15, 0.2) is 65.6 Å². The topological polar surface area (TPSA) is 108 Å². The summed E-state index contributed by atoms with van der Waals surface area (Å²) in [6.07, 6.45) is 1.80. The summed E-state index contributed by atoms with van der Waals surface area (Å²) in [6.45, 7) is 1.28. The van der Waals surface area contributed by atoms with E-state index in [-0.39, 0.29) is 30.0 Å². The van der Waals surface area contributed by atoms with Crippen LogP contribution in [0.2, 0.25) is 0 Å². The minimum Gasteiger partial charge on any atom is -0.462 e. The zero-order valence-electron chi connectivity index (χ0n) is 19.7. The third-order valence-corrected chi connectivity index (χ3v) is 5.66. The van der Waals surface area contributed by atoms with Gasteiger partial charge in [0.15, 0.2) is 11.3 Å². The molecule has 2 heterocycles. The van der Waals surface area contributed by atoms with E-state index in [2.05, 4.69) is 4.98 Å². The predicted molar refractivity (Wildman–Crippen MR) is 129 cm³/mol. The molecule has 0 aliphatic rings. The third-order valence-electron chi connectivity index (χ3n) is 5.66. The van der Waals surface area contributed by atoms with Gasteiger partial charge in [0.1, 0.15) is 11.3 Å². The van der Waals surface area contributed by atoms with Crippen LogP contribution in [-0.2, 0) is 24.8 Å². The number of hydrogen-bond acceptors (Lipinski definition) is 7. The number of aliphatic hydroxyl groups excluding tert-OH is 1. The molecule has 1 N–H and O–H groups in total. The Kier molecular flexibility index (Phi) is 7.21. The summed E-state index contributed by atoms with van der Waals surface area (Å²) in [7, 11) is 1.47. The van der Waals surface area contributed by atoms with Crippen molar-refractivity contribution in [3.8, 4) is 5.75 Å². The average molecular weight is 490 g/mol. The maximum atomic E-state index is 13.6. The van der Waals surface area contributed by atoms with Gasteiger partial charge in [-0.2, -0.15) is 0 Å². The van der Waals surface area contributed by atoms with Crippen molar-refractivity contribution in [1.29, 1.82) is 0 Å². The van der Waals surface area contributed by atoms with Crippen LogP contribution in [0.1, 0.15) is 44.3 Å². The van der Waals surface area contributed by atoms with E-state index in [9.17, 15) is 23.9 Å². The Morgan fingerprint density at radius 3 is 2.50 bits per heavy atom. The number of benzene rings is 2. The van der Waals surface area contributed by atoms with E-state index in [1.54, 1.807) is 49.4 Å². The maximum Gasteiger partial charge on any atom is 0.347 e. The fourth-order valence-corrected chi connectivity index (χ4v) is 3.86. The summed E-state index contributed by atoms with van der Waals surface area (Å²) >= 11 is 0. The molecule has 2 aromatic carbocycles. The van der Waals surface area contributed by atoms with Gasteiger partial charge in [-0.05, 0) is 60.4 Å². The number of halogens is 1. The minimum absolute atomic E-state index is 0.0172. The van der Waals surface area contributed by atoms with E-state index in [0.29, 0.717) is 28.6 Å². The highest BCUT2D eigenvalue weighted by molar-refractivity contribution is 6.01. The number of carbonyl (C=O) groups is 2. The lowest BCUT2D eigenvalue weighted by Gasteiger charge is -2.15. The Morgan fingerprint density at radius 1 is 1.06 bits per heavy atom. The monoisotopic (exact) mass is 490 g/mol. The molecule has 0 atom stereocenters. The van der Waals surface area contributed by atoms with Crippen molar-refractivity contribution >= 4 is 23.0 Å². The van der Waals surface area contributed by atoms with Gasteiger partial charge in [-0.25, -0.2) is 14.0 Å². The van der Waals surface area contributed by atoms with Crippen LogP contribution >= 0.6 is 0 Å². The van der Waals surface area contributed by atoms with E-state index in [1.165, 1.54) is 29.9 Å². The van der Waals surface area contributed by atoms with Gasteiger partial charge >= 0.3 is 11.9 Å². The van der Waals surface area contributed by atoms with Gasteiger partial charge in [0, 0.05) is 13.2 Å². The summed E-state index contributed by atoms with van der Waals surface area (Å²) in [4.78, 5) is 43.2. The Bertz CT molecular complexity index is 1510. The van der Waals surface area contributed by atoms with Gasteiger partial charge < -0.3 is 19.1 Å². The highest BCUT2D eigenvalue weighted by atomic mass is 19.1. The Balaban J connectivity index is 1.86. The number of rotatable bonds is 7. The molecule has 0 bridgehead atoms. The first-order valence-corrected chi connectivity index (χ1v) is 11.2. The van der Waals surface area contributed by atoms with Crippen LogP contribution in [0.5, 0.6) is 5.75 Å². The zero-order chi connectivity index (χ0) is 25.8. The molecule has 4 aromatic rings. The lowest BCUT2D eigenvalue weighted by atomic mass is 10.0. The number of ether oxygens (including phenoxy) is 2. The number of hydrogen-bond donors (Lipinski definition) is 1. The largest absolute Gasteiger partial charge is 0.462 e. The van der Waals surface area contributed by atoms with Crippen LogP contribution in [0.3, 0.4) is 0 Å². The van der Waals surface area contributed by atoms with E-state index < -0.39 is 28.9 Å². The second-order valence-electron chi connectivity index (χ2n) is 8.00. The number of fused-ring (bicyclic) bond motifs is 1. The fraction of sp³-hybridized carbons (Fsp3) is 0.185. The molecule has 8 nitrogen and oxygen atoms in total. The highest BCUT2D eigenvalue weighted by Crippen LogP contribution is 2.29. The van der Waals surface area contributed by atoms with Crippen LogP contribution in [0.4, 0.5) is 4.39 Å². The predicted octanol–water partition coefficient (Wildman–Crippen LogP) is 3.55. The molecule has 2 aromatic heterocycles. The van der Waals surface area contributed by atoms with Crippen molar-refractivity contribution in [2.24, 2.45) is 7.05 Å². The SMILES string of the molecule is CCOC(=O)c1c(OC(=O)c2ccccc2)c2ncc(Cc3ccc(F)cc3CO)cc2n(C)c1=O. The first-order valence-electron chi connectivity index (χ1n) is 11.2. The van der Waals surface area contributed by atoms with Crippen molar-refractivity contribution in [2.45, 2.75) is 20.0 Å². The van der Waals surface area contributed by atoms with E-state index in [4.69, 9.17) is 9.47 Å². The van der Waals surface area contributed by atoms with Gasteiger partial charge in [-0.3, -0.25) is 9.78 Å². The quantitative estimate of drug-likeness (QED) is 0.395. The van der Waals surface area contributed by atoms with Crippen molar-refractivity contribution in [2.75, 3.05) is 6.61 Å². The third kappa shape index (κ3) is 4.87. The Labute approximate surface area is 205 Å². The molecule has 0 radical (unpaired) electrons. The molecule has 0 aliphatic carbocycles. The first kappa shape index (κ1) is 24.7. The molecule has 9 heteroatoms. The molecular weight excluding hydrogens is 467 g/mol. The van der Waals surface area contributed by atoms with Crippen molar-refractivity contribution < 1.29 is 28.6 Å². The van der Waals surface area contributed by atoms with Crippen LogP contribution in [-0.4, -0.2) is 33.2 Å². The van der Waals surface area contributed by atoms with Gasteiger partial charge in [0.05, 0.1) is 24.3 Å². The minimum atomic E-state index is -0.930. The normalized spacial score (nSPS) is 10.9. The van der Waals surface area contributed by atoms with E-state index in [0.717, 1.165) is 0 Å². The summed E-state index contributed by atoms with van der Waals surface area (Å²) in [6, 6.07) is 13.9. The van der Waals surface area contributed by atoms with E-state index in [1.807, 2.05) is 0 Å². The molecule has 0 spiro atoms. The van der Waals surface area contributed by atoms with E-state index >= 15 is 0 Å². The molecule has 0 saturated carbocycles. The standard InChI is InChI=1S/C27H23FN2O6/c1-3-35-27(34)22-24(36-26(33)17-7-5-4-6-8-17)23-21(30(2)25(22)32)12-16(14-29-23)11-18-9-10-20(28)13-19(18)15-31/h4-10,12-14,31H,3,11,15H2,1-2H3. The van der Waals surface area contributed by atoms with Crippen molar-refractivity contribution in [1.82, 2.24) is 9.55 Å². The molecule has 184 valence electrons. The molecule has 36 heavy (non-hydrogen) atoms. The number of pyridine rings is 2. The molecule has 0 amide bonds. The number of aromatic nitrogens is 2. The number of aryl methyl sites for hydroxylation is 1. The summed E-state index contributed by atoms with van der Waals surface area (Å²) in [5.41, 5.74) is 1.28. The maximum absolute atomic E-state index is 13.6. The molecule has 0 fully saturated rings. The van der Waals surface area contributed by atoms with Gasteiger partial charge in [-0.1, -0.05) is 24.3 Å². The van der Waals surface area contributed by atoms with Crippen LogP contribution < -0.4 is 10.3 Å². The number of nitrogens with zero attached hydrogens (tertiary/aromatic N) is 2.